The zero-order chi connectivity index (χ0) is 16.9. The predicted octanol–water partition coefficient (Wildman–Crippen LogP) is 4.39. The fourth-order valence-electron chi connectivity index (χ4n) is 2.26. The van der Waals surface area contributed by atoms with Crippen LogP contribution in [0, 0.1) is 5.92 Å². The van der Waals surface area contributed by atoms with Gasteiger partial charge in [-0.2, -0.15) is 0 Å². The molecular formula is C19H19N3OS. The first-order chi connectivity index (χ1) is 11.6. The van der Waals surface area contributed by atoms with Crippen LogP contribution in [0.2, 0.25) is 0 Å². The maximum absolute atomic E-state index is 11.7. The van der Waals surface area contributed by atoms with Crippen LogP contribution in [0.15, 0.2) is 54.2 Å². The van der Waals surface area contributed by atoms with Gasteiger partial charge < -0.3 is 5.32 Å². The number of pyridine rings is 1. The number of carbonyl (C=O) groups is 1. The number of amides is 1. The number of nitrogens with one attached hydrogen (secondary N) is 1. The second-order valence-corrected chi connectivity index (χ2v) is 6.76. The van der Waals surface area contributed by atoms with Gasteiger partial charge in [-0.3, -0.25) is 9.78 Å². The number of rotatable bonds is 5. The fourth-order valence-corrected chi connectivity index (χ4v) is 2.98. The van der Waals surface area contributed by atoms with E-state index >= 15 is 0 Å². The Labute approximate surface area is 145 Å². The van der Waals surface area contributed by atoms with Gasteiger partial charge in [0.15, 0.2) is 5.13 Å². The zero-order valence-corrected chi connectivity index (χ0v) is 14.5. The molecule has 3 rings (SSSR count). The molecule has 0 fully saturated rings. The van der Waals surface area contributed by atoms with Crippen molar-refractivity contribution in [3.63, 3.8) is 0 Å². The Morgan fingerprint density at radius 3 is 2.42 bits per heavy atom. The van der Waals surface area contributed by atoms with E-state index in [4.69, 9.17) is 0 Å². The summed E-state index contributed by atoms with van der Waals surface area (Å²) in [6, 6.07) is 12.4. The van der Waals surface area contributed by atoms with Crippen LogP contribution in [0.5, 0.6) is 0 Å². The van der Waals surface area contributed by atoms with E-state index < -0.39 is 0 Å². The number of aromatic nitrogens is 2. The molecule has 1 aromatic carbocycles. The molecule has 1 amide bonds. The lowest BCUT2D eigenvalue weighted by Crippen LogP contribution is -2.17. The molecule has 0 bridgehead atoms. The lowest BCUT2D eigenvalue weighted by Gasteiger charge is -2.04. The summed E-state index contributed by atoms with van der Waals surface area (Å²) < 4.78 is 0. The lowest BCUT2D eigenvalue weighted by molar-refractivity contribution is -0.118. The number of hydrogen-bond acceptors (Lipinski definition) is 4. The van der Waals surface area contributed by atoms with E-state index in [1.165, 1.54) is 22.5 Å². The summed E-state index contributed by atoms with van der Waals surface area (Å²) in [6.45, 7) is 3.74. The Morgan fingerprint density at radius 2 is 1.75 bits per heavy atom. The van der Waals surface area contributed by atoms with E-state index in [1.807, 2.05) is 31.4 Å². The van der Waals surface area contributed by atoms with Crippen LogP contribution >= 0.6 is 11.3 Å². The van der Waals surface area contributed by atoms with Crippen molar-refractivity contribution in [1.29, 1.82) is 0 Å². The van der Waals surface area contributed by atoms with Crippen molar-refractivity contribution in [3.05, 3.63) is 65.4 Å². The van der Waals surface area contributed by atoms with Crippen LogP contribution in [-0.2, 0) is 11.2 Å². The average Bonchev–Trinajstić information content (AvgIpc) is 3.03. The van der Waals surface area contributed by atoms with Crippen LogP contribution < -0.4 is 5.32 Å². The van der Waals surface area contributed by atoms with Crippen molar-refractivity contribution in [2.75, 3.05) is 5.32 Å². The predicted molar refractivity (Wildman–Crippen MR) is 98.1 cm³/mol. The zero-order valence-electron chi connectivity index (χ0n) is 13.7. The Hall–Kier alpha value is -2.53. The van der Waals surface area contributed by atoms with Gasteiger partial charge in [0.05, 0.1) is 5.69 Å². The number of benzene rings is 1. The van der Waals surface area contributed by atoms with Gasteiger partial charge in [-0.15, -0.1) is 11.3 Å². The van der Waals surface area contributed by atoms with E-state index in [0.29, 0.717) is 5.13 Å². The number of thiazole rings is 1. The first-order valence-electron chi connectivity index (χ1n) is 7.86. The van der Waals surface area contributed by atoms with E-state index in [-0.39, 0.29) is 11.8 Å². The minimum atomic E-state index is -0.0434. The topological polar surface area (TPSA) is 54.9 Å². The molecular weight excluding hydrogens is 318 g/mol. The average molecular weight is 337 g/mol. The molecule has 0 atom stereocenters. The van der Waals surface area contributed by atoms with Gasteiger partial charge in [-0.05, 0) is 28.8 Å². The van der Waals surface area contributed by atoms with Gasteiger partial charge in [0.1, 0.15) is 0 Å². The highest BCUT2D eigenvalue weighted by molar-refractivity contribution is 7.13. The van der Waals surface area contributed by atoms with Gasteiger partial charge in [0.2, 0.25) is 5.91 Å². The van der Waals surface area contributed by atoms with Crippen LogP contribution in [0.1, 0.15) is 25.1 Å². The summed E-state index contributed by atoms with van der Waals surface area (Å²) in [6.07, 6.45) is 4.35. The van der Waals surface area contributed by atoms with Gasteiger partial charge in [0, 0.05) is 30.1 Å². The molecule has 4 nitrogen and oxygen atoms in total. The highest BCUT2D eigenvalue weighted by atomic mass is 32.1. The number of nitrogens with zero attached hydrogens (tertiary/aromatic N) is 2. The smallest absolute Gasteiger partial charge is 0.228 e. The SMILES string of the molecule is CC(C)C(=O)Nc1nc(Cc2ccc(-c3ccncc3)cc2)cs1. The minimum absolute atomic E-state index is 0.00222. The van der Waals surface area contributed by atoms with Crippen molar-refractivity contribution in [1.82, 2.24) is 9.97 Å². The largest absolute Gasteiger partial charge is 0.302 e. The Kier molecular flexibility index (Phi) is 5.01. The fraction of sp³-hybridized carbons (Fsp3) is 0.211. The number of anilines is 1. The van der Waals surface area contributed by atoms with Gasteiger partial charge >= 0.3 is 0 Å². The molecule has 24 heavy (non-hydrogen) atoms. The van der Waals surface area contributed by atoms with E-state index in [1.54, 1.807) is 12.4 Å². The third kappa shape index (κ3) is 4.06. The third-order valence-corrected chi connectivity index (χ3v) is 4.47. The van der Waals surface area contributed by atoms with Crippen molar-refractivity contribution in [2.45, 2.75) is 20.3 Å². The van der Waals surface area contributed by atoms with E-state index in [9.17, 15) is 4.79 Å². The third-order valence-electron chi connectivity index (χ3n) is 3.66. The maximum atomic E-state index is 11.7. The molecule has 0 unspecified atom stereocenters. The first-order valence-corrected chi connectivity index (χ1v) is 8.74. The Balaban J connectivity index is 1.66. The summed E-state index contributed by atoms with van der Waals surface area (Å²) in [4.78, 5) is 20.2. The molecule has 0 spiro atoms. The molecule has 122 valence electrons. The molecule has 0 aliphatic heterocycles. The van der Waals surface area contributed by atoms with Crippen molar-refractivity contribution in [3.8, 4) is 11.1 Å². The van der Waals surface area contributed by atoms with Crippen LogP contribution in [-0.4, -0.2) is 15.9 Å². The molecule has 2 heterocycles. The lowest BCUT2D eigenvalue weighted by atomic mass is 10.0. The quantitative estimate of drug-likeness (QED) is 0.751. The number of carbonyl (C=O) groups excluding carboxylic acids is 1. The van der Waals surface area contributed by atoms with Crippen LogP contribution in [0.3, 0.4) is 0 Å². The monoisotopic (exact) mass is 337 g/mol. The summed E-state index contributed by atoms with van der Waals surface area (Å²) >= 11 is 1.46. The molecule has 5 heteroatoms. The van der Waals surface area contributed by atoms with Crippen LogP contribution in [0.25, 0.3) is 11.1 Å². The summed E-state index contributed by atoms with van der Waals surface area (Å²) in [5.41, 5.74) is 4.49. The molecule has 3 aromatic rings. The Bertz CT molecular complexity index is 810. The van der Waals surface area contributed by atoms with E-state index in [0.717, 1.165) is 17.7 Å². The highest BCUT2D eigenvalue weighted by Crippen LogP contribution is 2.22. The molecule has 1 N–H and O–H groups in total. The van der Waals surface area contributed by atoms with Gasteiger partial charge in [-0.25, -0.2) is 4.98 Å². The molecule has 0 aliphatic carbocycles. The minimum Gasteiger partial charge on any atom is -0.302 e. The molecule has 2 aromatic heterocycles. The van der Waals surface area contributed by atoms with Crippen molar-refractivity contribution in [2.24, 2.45) is 5.92 Å². The number of hydrogen-bond donors (Lipinski definition) is 1. The van der Waals surface area contributed by atoms with Gasteiger partial charge in [-0.1, -0.05) is 38.1 Å². The summed E-state index contributed by atoms with van der Waals surface area (Å²) in [5, 5.41) is 5.50. The summed E-state index contributed by atoms with van der Waals surface area (Å²) in [7, 11) is 0. The summed E-state index contributed by atoms with van der Waals surface area (Å²) in [5.74, 6) is -0.0457. The Morgan fingerprint density at radius 1 is 1.08 bits per heavy atom. The highest BCUT2D eigenvalue weighted by Gasteiger charge is 2.10. The van der Waals surface area contributed by atoms with Crippen LogP contribution in [0.4, 0.5) is 5.13 Å². The first kappa shape index (κ1) is 16.3. The van der Waals surface area contributed by atoms with Crippen molar-refractivity contribution >= 4 is 22.4 Å². The van der Waals surface area contributed by atoms with Gasteiger partial charge in [0.25, 0.3) is 0 Å². The van der Waals surface area contributed by atoms with E-state index in [2.05, 4.69) is 39.6 Å². The standard InChI is InChI=1S/C19H19N3OS/c1-13(2)18(23)22-19-21-17(12-24-19)11-14-3-5-15(6-4-14)16-7-9-20-10-8-16/h3-10,12-13H,11H2,1-2H3,(H,21,22,23). The molecule has 0 radical (unpaired) electrons. The molecule has 0 saturated heterocycles. The van der Waals surface area contributed by atoms with Crippen molar-refractivity contribution < 1.29 is 4.79 Å². The second kappa shape index (κ2) is 7.36. The second-order valence-electron chi connectivity index (χ2n) is 5.90. The maximum Gasteiger partial charge on any atom is 0.228 e. The normalized spacial score (nSPS) is 10.8. The molecule has 0 aliphatic rings. The molecule has 0 saturated carbocycles.